The number of hydrogen-bond acceptors (Lipinski definition) is 5. The average Bonchev–Trinajstić information content (AvgIpc) is 2.82. The largest absolute Gasteiger partial charge is 0.508 e. The van der Waals surface area contributed by atoms with Crippen LogP contribution in [0.4, 0.5) is 4.39 Å². The molecule has 8 nitrogen and oxygen atoms in total. The second kappa shape index (κ2) is 12.4. The lowest BCUT2D eigenvalue weighted by Gasteiger charge is -2.36. The molecule has 0 saturated carbocycles. The quantitative estimate of drug-likeness (QED) is 0.437. The molecule has 38 heavy (non-hydrogen) atoms. The van der Waals surface area contributed by atoms with Crippen LogP contribution in [0.1, 0.15) is 51.3 Å². The maximum Gasteiger partial charge on any atom is 0.246 e. The zero-order chi connectivity index (χ0) is 28.9. The molecule has 0 aliphatic rings. The van der Waals surface area contributed by atoms with Crippen molar-refractivity contribution in [2.24, 2.45) is 17.4 Å². The predicted octanol–water partition coefficient (Wildman–Crippen LogP) is 2.74. The molecule has 3 amide bonds. The van der Waals surface area contributed by atoms with Gasteiger partial charge < -0.3 is 26.4 Å². The van der Waals surface area contributed by atoms with E-state index < -0.39 is 35.8 Å². The van der Waals surface area contributed by atoms with Crippen molar-refractivity contribution in [2.75, 3.05) is 14.1 Å². The van der Waals surface area contributed by atoms with E-state index in [9.17, 15) is 23.9 Å². The summed E-state index contributed by atoms with van der Waals surface area (Å²) in [6, 6.07) is 8.00. The Labute approximate surface area is 224 Å². The summed E-state index contributed by atoms with van der Waals surface area (Å²) in [6.45, 7) is 9.51. The van der Waals surface area contributed by atoms with E-state index in [1.807, 2.05) is 26.8 Å². The van der Waals surface area contributed by atoms with E-state index >= 15 is 0 Å². The van der Waals surface area contributed by atoms with Crippen molar-refractivity contribution in [3.8, 4) is 5.75 Å². The Bertz CT molecular complexity index is 1140. The summed E-state index contributed by atoms with van der Waals surface area (Å²) in [5.74, 6) is -2.09. The van der Waals surface area contributed by atoms with Gasteiger partial charge in [0.2, 0.25) is 17.7 Å². The molecule has 0 unspecified atom stereocenters. The van der Waals surface area contributed by atoms with Crippen LogP contribution < -0.4 is 11.5 Å². The Morgan fingerprint density at radius 2 is 1.47 bits per heavy atom. The van der Waals surface area contributed by atoms with Gasteiger partial charge in [-0.1, -0.05) is 58.9 Å². The summed E-state index contributed by atoms with van der Waals surface area (Å²) >= 11 is 0. The zero-order valence-corrected chi connectivity index (χ0v) is 23.4. The van der Waals surface area contributed by atoms with Crippen molar-refractivity contribution in [3.63, 3.8) is 0 Å². The first-order chi connectivity index (χ1) is 17.5. The summed E-state index contributed by atoms with van der Waals surface area (Å²) in [6.07, 6.45) is 0.326. The first kappa shape index (κ1) is 30.8. The number of aromatic hydroxyl groups is 1. The van der Waals surface area contributed by atoms with Crippen LogP contribution in [0.2, 0.25) is 0 Å². The van der Waals surface area contributed by atoms with Crippen molar-refractivity contribution in [1.82, 2.24) is 9.80 Å². The number of nitrogens with zero attached hydrogens (tertiary/aromatic N) is 2. The van der Waals surface area contributed by atoms with Gasteiger partial charge in [-0.25, -0.2) is 4.39 Å². The van der Waals surface area contributed by atoms with E-state index in [-0.39, 0.29) is 35.7 Å². The Balaban J connectivity index is 2.26. The first-order valence-corrected chi connectivity index (χ1v) is 12.7. The molecule has 0 aromatic heterocycles. The summed E-state index contributed by atoms with van der Waals surface area (Å²) < 4.78 is 13.2. The van der Waals surface area contributed by atoms with E-state index in [1.165, 1.54) is 36.0 Å². The van der Waals surface area contributed by atoms with E-state index in [0.29, 0.717) is 11.1 Å². The lowest BCUT2D eigenvalue weighted by molar-refractivity contribution is -0.149. The molecular formula is C29H41FN4O4. The molecule has 5 N–H and O–H groups in total. The summed E-state index contributed by atoms with van der Waals surface area (Å²) in [5.41, 5.74) is 13.7. The number of primary amides is 1. The van der Waals surface area contributed by atoms with Crippen LogP contribution in [-0.4, -0.2) is 64.8 Å². The van der Waals surface area contributed by atoms with Crippen LogP contribution in [0.15, 0.2) is 42.5 Å². The van der Waals surface area contributed by atoms with Gasteiger partial charge in [0.1, 0.15) is 23.7 Å². The topological polar surface area (TPSA) is 130 Å². The minimum absolute atomic E-state index is 0.146. The monoisotopic (exact) mass is 528 g/mol. The van der Waals surface area contributed by atoms with Gasteiger partial charge in [-0.2, -0.15) is 0 Å². The maximum absolute atomic E-state index is 13.7. The lowest BCUT2D eigenvalue weighted by atomic mass is 9.84. The second-order valence-corrected chi connectivity index (χ2v) is 11.2. The minimum atomic E-state index is -0.975. The fraction of sp³-hybridized carbons (Fsp3) is 0.483. The molecule has 0 heterocycles. The van der Waals surface area contributed by atoms with Gasteiger partial charge in [-0.3, -0.25) is 14.4 Å². The van der Waals surface area contributed by atoms with Gasteiger partial charge in [-0.05, 0) is 52.6 Å². The number of nitrogens with two attached hydrogens (primary N) is 2. The molecule has 0 bridgehead atoms. The fourth-order valence-corrected chi connectivity index (χ4v) is 4.58. The highest BCUT2D eigenvalue weighted by Gasteiger charge is 2.37. The molecule has 3 atom stereocenters. The van der Waals surface area contributed by atoms with Crippen LogP contribution in [0.25, 0.3) is 0 Å². The molecule has 0 saturated heterocycles. The molecule has 2 aromatic carbocycles. The van der Waals surface area contributed by atoms with Gasteiger partial charge in [-0.15, -0.1) is 0 Å². The highest BCUT2D eigenvalue weighted by molar-refractivity contribution is 5.93. The number of likely N-dealkylation sites (N-methyl/N-ethyl adjacent to an activating group) is 2. The molecule has 0 radical (unpaired) electrons. The molecule has 0 fully saturated rings. The van der Waals surface area contributed by atoms with E-state index in [2.05, 4.69) is 0 Å². The molecule has 2 rings (SSSR count). The van der Waals surface area contributed by atoms with Crippen LogP contribution in [-0.2, 0) is 32.6 Å². The number of halogens is 1. The van der Waals surface area contributed by atoms with Crippen molar-refractivity contribution < 1.29 is 23.9 Å². The standard InChI is InChI=1S/C29H41FN4O4/c1-17(2)25(34(7)27(37)22(31)15-18-8-11-20(30)12-9-18)28(38)33(6)23(26(32)36)16-19-10-13-24(35)21(14-19)29(3,4)5/h8-14,17,22-23,25,35H,15-16,31H2,1-7H3,(H2,32,36)/t22-,23-,25-/m0/s1. The van der Waals surface area contributed by atoms with Crippen LogP contribution in [0.5, 0.6) is 5.75 Å². The van der Waals surface area contributed by atoms with E-state index in [1.54, 1.807) is 38.1 Å². The molecule has 2 aromatic rings. The zero-order valence-electron chi connectivity index (χ0n) is 23.4. The Morgan fingerprint density at radius 1 is 0.921 bits per heavy atom. The molecule has 0 aliphatic carbocycles. The number of carbonyl (C=O) groups is 3. The second-order valence-electron chi connectivity index (χ2n) is 11.2. The van der Waals surface area contributed by atoms with Crippen molar-refractivity contribution in [2.45, 2.75) is 71.0 Å². The smallest absolute Gasteiger partial charge is 0.246 e. The van der Waals surface area contributed by atoms with Gasteiger partial charge in [0.25, 0.3) is 0 Å². The molecule has 9 heteroatoms. The third-order valence-corrected chi connectivity index (χ3v) is 6.78. The minimum Gasteiger partial charge on any atom is -0.508 e. The Morgan fingerprint density at radius 3 is 1.97 bits per heavy atom. The lowest BCUT2D eigenvalue weighted by Crippen LogP contribution is -2.58. The summed E-state index contributed by atoms with van der Waals surface area (Å²) in [4.78, 5) is 41.9. The number of phenols is 1. The van der Waals surface area contributed by atoms with Gasteiger partial charge in [0.05, 0.1) is 6.04 Å². The number of hydrogen-bond donors (Lipinski definition) is 3. The number of amides is 3. The average molecular weight is 529 g/mol. The Hall–Kier alpha value is -3.46. The highest BCUT2D eigenvalue weighted by Crippen LogP contribution is 2.31. The first-order valence-electron chi connectivity index (χ1n) is 12.7. The van der Waals surface area contributed by atoms with Gasteiger partial charge in [0.15, 0.2) is 0 Å². The SMILES string of the molecule is CC(C)[C@@H](C(=O)N(C)[C@@H](Cc1ccc(O)c(C(C)(C)C)c1)C(N)=O)N(C)C(=O)[C@@H](N)Cc1ccc(F)cc1. The fourth-order valence-electron chi connectivity index (χ4n) is 4.58. The molecular weight excluding hydrogens is 487 g/mol. The molecule has 208 valence electrons. The van der Waals surface area contributed by atoms with Gasteiger partial charge in [0, 0.05) is 20.5 Å². The van der Waals surface area contributed by atoms with Crippen LogP contribution in [0, 0.1) is 11.7 Å². The highest BCUT2D eigenvalue weighted by atomic mass is 19.1. The van der Waals surface area contributed by atoms with Crippen molar-refractivity contribution in [3.05, 3.63) is 65.0 Å². The maximum atomic E-state index is 13.7. The normalized spacial score (nSPS) is 14.1. The molecule has 0 aliphatic heterocycles. The number of carbonyl (C=O) groups excluding carboxylic acids is 3. The van der Waals surface area contributed by atoms with E-state index in [0.717, 1.165) is 5.56 Å². The number of benzene rings is 2. The van der Waals surface area contributed by atoms with Crippen molar-refractivity contribution >= 4 is 17.7 Å². The predicted molar refractivity (Wildman–Crippen MR) is 146 cm³/mol. The van der Waals surface area contributed by atoms with Crippen molar-refractivity contribution in [1.29, 1.82) is 0 Å². The number of rotatable bonds is 10. The summed E-state index contributed by atoms with van der Waals surface area (Å²) in [7, 11) is 3.01. The van der Waals surface area contributed by atoms with E-state index in [4.69, 9.17) is 11.5 Å². The van der Waals surface area contributed by atoms with Crippen LogP contribution >= 0.6 is 0 Å². The molecule has 0 spiro atoms. The number of phenolic OH excluding ortho intramolecular Hbond substituents is 1. The summed E-state index contributed by atoms with van der Waals surface area (Å²) in [5, 5.41) is 10.3. The Kier molecular flexibility index (Phi) is 10.0. The third-order valence-electron chi connectivity index (χ3n) is 6.78. The third kappa shape index (κ3) is 7.54. The van der Waals surface area contributed by atoms with Crippen LogP contribution in [0.3, 0.4) is 0 Å². The van der Waals surface area contributed by atoms with Gasteiger partial charge >= 0.3 is 0 Å².